The van der Waals surface area contributed by atoms with Crippen LogP contribution >= 0.6 is 11.6 Å². The molecule has 0 radical (unpaired) electrons. The maximum absolute atomic E-state index is 14.6. The summed E-state index contributed by atoms with van der Waals surface area (Å²) in [5.41, 5.74) is -0.301. The van der Waals surface area contributed by atoms with Crippen molar-refractivity contribution < 1.29 is 28.2 Å². The summed E-state index contributed by atoms with van der Waals surface area (Å²) in [6.07, 6.45) is 5.48. The van der Waals surface area contributed by atoms with Crippen LogP contribution in [0.3, 0.4) is 0 Å². The van der Waals surface area contributed by atoms with Crippen LogP contribution in [-0.4, -0.2) is 35.2 Å². The monoisotopic (exact) mass is 509 g/mol. The van der Waals surface area contributed by atoms with Crippen LogP contribution in [0.25, 0.3) is 11.1 Å². The Kier molecular flexibility index (Phi) is 7.31. The van der Waals surface area contributed by atoms with Gasteiger partial charge in [0.05, 0.1) is 17.7 Å². The van der Waals surface area contributed by atoms with Crippen molar-refractivity contribution in [1.82, 2.24) is 0 Å². The third-order valence-electron chi connectivity index (χ3n) is 5.79. The van der Waals surface area contributed by atoms with E-state index in [0.717, 1.165) is 18.6 Å². The second kappa shape index (κ2) is 10.4. The minimum atomic E-state index is -1.42. The summed E-state index contributed by atoms with van der Waals surface area (Å²) in [6, 6.07) is 12.5. The van der Waals surface area contributed by atoms with E-state index < -0.39 is 28.9 Å². The number of carbonyl (C=O) groups is 2. The molecule has 0 spiro atoms. The van der Waals surface area contributed by atoms with Gasteiger partial charge < -0.3 is 9.84 Å². The Morgan fingerprint density at radius 1 is 1.06 bits per heavy atom. The van der Waals surface area contributed by atoms with Gasteiger partial charge in [0, 0.05) is 17.7 Å². The minimum Gasteiger partial charge on any atom is -0.493 e. The van der Waals surface area contributed by atoms with Gasteiger partial charge in [-0.25, -0.2) is 13.6 Å². The number of hydrogen-bond donors (Lipinski definition) is 1. The number of halogens is 3. The predicted octanol–water partition coefficient (Wildman–Crippen LogP) is 6.58. The maximum atomic E-state index is 14.6. The fourth-order valence-electron chi connectivity index (χ4n) is 4.07. The molecule has 0 bridgehead atoms. The molecule has 1 atom stereocenters. The van der Waals surface area contributed by atoms with E-state index in [-0.39, 0.29) is 22.6 Å². The molecule has 5 nitrogen and oxygen atoms in total. The Bertz CT molecular complexity index is 1390. The highest BCUT2D eigenvalue weighted by molar-refractivity contribution is 6.30. The molecule has 0 fully saturated rings. The molecule has 1 aliphatic heterocycles. The number of ketones is 1. The van der Waals surface area contributed by atoms with E-state index >= 15 is 0 Å². The van der Waals surface area contributed by atoms with Crippen LogP contribution < -0.4 is 4.74 Å². The van der Waals surface area contributed by atoms with Crippen molar-refractivity contribution in [2.45, 2.75) is 25.3 Å². The zero-order valence-corrected chi connectivity index (χ0v) is 20.1. The number of Topliss-reactive ketones (excluding diaryl/α,β-unsaturated/α-hetero) is 1. The van der Waals surface area contributed by atoms with Crippen LogP contribution in [0.2, 0.25) is 5.02 Å². The first-order valence-corrected chi connectivity index (χ1v) is 11.6. The van der Waals surface area contributed by atoms with Crippen molar-refractivity contribution in [2.24, 2.45) is 4.99 Å². The van der Waals surface area contributed by atoms with Gasteiger partial charge in [-0.05, 0) is 83.8 Å². The van der Waals surface area contributed by atoms with Crippen LogP contribution in [0.4, 0.5) is 8.78 Å². The molecule has 3 aromatic carbocycles. The molecule has 0 saturated carbocycles. The van der Waals surface area contributed by atoms with E-state index in [4.69, 9.17) is 16.3 Å². The van der Waals surface area contributed by atoms with Crippen LogP contribution in [0.5, 0.6) is 5.75 Å². The third-order valence-corrected chi connectivity index (χ3v) is 6.03. The number of ether oxygens (including phenoxy) is 1. The zero-order chi connectivity index (χ0) is 25.9. The average molecular weight is 510 g/mol. The number of carboxylic acids is 1. The number of aliphatic imine (C=N–C) groups is 1. The number of carbonyl (C=O) groups excluding carboxylic acids is 1. The van der Waals surface area contributed by atoms with E-state index in [1.54, 1.807) is 30.4 Å². The zero-order valence-electron chi connectivity index (χ0n) is 19.3. The molecule has 36 heavy (non-hydrogen) atoms. The molecule has 1 unspecified atom stereocenters. The van der Waals surface area contributed by atoms with E-state index in [9.17, 15) is 23.5 Å². The summed E-state index contributed by atoms with van der Waals surface area (Å²) in [4.78, 5) is 29.4. The molecule has 0 aromatic heterocycles. The van der Waals surface area contributed by atoms with Gasteiger partial charge in [0.2, 0.25) is 0 Å². The van der Waals surface area contributed by atoms with Crippen molar-refractivity contribution in [2.75, 3.05) is 6.61 Å². The smallest absolute Gasteiger partial charge is 0.335 e. The number of rotatable bonds is 9. The van der Waals surface area contributed by atoms with Crippen molar-refractivity contribution in [3.8, 4) is 16.9 Å². The normalized spacial score (nSPS) is 16.3. The highest BCUT2D eigenvalue weighted by atomic mass is 35.5. The molecule has 1 aliphatic rings. The molecule has 4 rings (SSSR count). The summed E-state index contributed by atoms with van der Waals surface area (Å²) in [5.74, 6) is -2.74. The van der Waals surface area contributed by atoms with Gasteiger partial charge in [-0.2, -0.15) is 0 Å². The molecule has 184 valence electrons. The van der Waals surface area contributed by atoms with Crippen LogP contribution in [-0.2, 0) is 6.42 Å². The lowest BCUT2D eigenvalue weighted by atomic mass is 9.83. The minimum absolute atomic E-state index is 0.0366. The summed E-state index contributed by atoms with van der Waals surface area (Å²) in [5, 5.41) is 9.49. The highest BCUT2D eigenvalue weighted by Crippen LogP contribution is 2.35. The summed E-state index contributed by atoms with van der Waals surface area (Å²) >= 11 is 5.86. The van der Waals surface area contributed by atoms with Gasteiger partial charge in [0.1, 0.15) is 22.9 Å². The highest BCUT2D eigenvalue weighted by Gasteiger charge is 2.39. The number of benzene rings is 3. The first-order valence-electron chi connectivity index (χ1n) is 11.3. The first-order chi connectivity index (χ1) is 17.2. The summed E-state index contributed by atoms with van der Waals surface area (Å²) in [6.45, 7) is 2.37. The second-order valence-electron chi connectivity index (χ2n) is 8.40. The lowest BCUT2D eigenvalue weighted by Crippen LogP contribution is -2.36. The maximum Gasteiger partial charge on any atom is 0.335 e. The fourth-order valence-corrected chi connectivity index (χ4v) is 4.23. The van der Waals surface area contributed by atoms with Crippen LogP contribution in [0, 0.1) is 11.6 Å². The molecular weight excluding hydrogens is 488 g/mol. The number of nitrogens with zero attached hydrogens (tertiary/aromatic N) is 1. The van der Waals surface area contributed by atoms with Crippen molar-refractivity contribution >= 4 is 29.6 Å². The topological polar surface area (TPSA) is 76.0 Å². The number of aromatic carboxylic acids is 1. The number of hydrogen-bond acceptors (Lipinski definition) is 4. The average Bonchev–Trinajstić information content (AvgIpc) is 3.32. The quantitative estimate of drug-likeness (QED) is 0.331. The number of allylic oxidation sites excluding steroid dienone is 1. The Morgan fingerprint density at radius 2 is 1.86 bits per heavy atom. The Hall–Kier alpha value is -3.84. The van der Waals surface area contributed by atoms with Crippen molar-refractivity contribution in [3.05, 3.63) is 100 Å². The van der Waals surface area contributed by atoms with Gasteiger partial charge in [0.25, 0.3) is 0 Å². The molecule has 0 amide bonds. The van der Waals surface area contributed by atoms with Gasteiger partial charge in [-0.3, -0.25) is 9.79 Å². The fraction of sp³-hybridized carbons (Fsp3) is 0.179. The van der Waals surface area contributed by atoms with E-state index in [0.29, 0.717) is 29.0 Å². The molecular formula is C28H22ClF2NO4. The molecule has 0 saturated heterocycles. The lowest BCUT2D eigenvalue weighted by molar-refractivity contribution is 0.0696. The van der Waals surface area contributed by atoms with E-state index in [2.05, 4.69) is 4.99 Å². The second-order valence-corrected chi connectivity index (χ2v) is 8.83. The molecule has 1 heterocycles. The van der Waals surface area contributed by atoms with Crippen molar-refractivity contribution in [3.63, 3.8) is 0 Å². The van der Waals surface area contributed by atoms with Crippen LogP contribution in [0.1, 0.15) is 39.6 Å². The summed E-state index contributed by atoms with van der Waals surface area (Å²) in [7, 11) is 0. The van der Waals surface area contributed by atoms with Gasteiger partial charge in [0.15, 0.2) is 5.78 Å². The van der Waals surface area contributed by atoms with Gasteiger partial charge in [-0.15, -0.1) is 0 Å². The largest absolute Gasteiger partial charge is 0.493 e. The van der Waals surface area contributed by atoms with E-state index in [1.807, 2.05) is 6.92 Å². The summed E-state index contributed by atoms with van der Waals surface area (Å²) < 4.78 is 34.7. The van der Waals surface area contributed by atoms with E-state index in [1.165, 1.54) is 30.5 Å². The van der Waals surface area contributed by atoms with Gasteiger partial charge >= 0.3 is 5.97 Å². The van der Waals surface area contributed by atoms with Crippen molar-refractivity contribution in [1.29, 1.82) is 0 Å². The standard InChI is InChI=1S/C28H22ClF2NO4/c1-2-10-36-25-7-4-17(18-12-19(27(34)35)14-22(30)13-18)11-20(25)16-28(8-3-9-32-28)26(33)23-6-5-21(29)15-24(23)31/h3-9,11-15H,2,10,16H2,1H3,(H,34,35). The lowest BCUT2D eigenvalue weighted by Gasteiger charge is -2.25. The van der Waals surface area contributed by atoms with Crippen LogP contribution in [0.15, 0.2) is 71.7 Å². The third kappa shape index (κ3) is 5.21. The predicted molar refractivity (Wildman–Crippen MR) is 134 cm³/mol. The number of carboxylic acid groups (broad SMARTS) is 1. The molecule has 0 aliphatic carbocycles. The molecule has 1 N–H and O–H groups in total. The Morgan fingerprint density at radius 3 is 2.53 bits per heavy atom. The first kappa shape index (κ1) is 25.3. The Balaban J connectivity index is 1.79. The molecule has 3 aromatic rings. The Labute approximate surface area is 211 Å². The molecule has 8 heteroatoms. The van der Waals surface area contributed by atoms with Gasteiger partial charge in [-0.1, -0.05) is 24.6 Å². The SMILES string of the molecule is CCCOc1ccc(-c2cc(F)cc(C(=O)O)c2)cc1CC1(C(=O)c2ccc(Cl)cc2F)C=CC=N1.